The van der Waals surface area contributed by atoms with Crippen LogP contribution in [0.5, 0.6) is 0 Å². The summed E-state index contributed by atoms with van der Waals surface area (Å²) in [7, 11) is 1.62. The minimum absolute atomic E-state index is 0.0182. The molecule has 1 rings (SSSR count). The molecule has 1 heterocycles. The van der Waals surface area contributed by atoms with Crippen LogP contribution in [0.25, 0.3) is 0 Å². The lowest BCUT2D eigenvalue weighted by Gasteiger charge is -2.42. The Morgan fingerprint density at radius 2 is 2.00 bits per heavy atom. The number of amides is 2. The number of methoxy groups -OCH3 is 1. The highest BCUT2D eigenvalue weighted by Crippen LogP contribution is 2.19. The number of ether oxygens (including phenoxy) is 1. The van der Waals surface area contributed by atoms with Crippen LogP contribution in [0, 0.1) is 5.92 Å². The second kappa shape index (κ2) is 6.89. The van der Waals surface area contributed by atoms with E-state index in [0.29, 0.717) is 18.9 Å². The molecule has 0 saturated carbocycles. The summed E-state index contributed by atoms with van der Waals surface area (Å²) in [5.41, 5.74) is 0. The minimum Gasteiger partial charge on any atom is -0.383 e. The molecule has 0 aliphatic carbocycles. The second-order valence-corrected chi connectivity index (χ2v) is 5.63. The summed E-state index contributed by atoms with van der Waals surface area (Å²) < 4.78 is 5.17. The Bertz CT molecular complexity index is 331. The first kappa shape index (κ1) is 16.0. The van der Waals surface area contributed by atoms with Gasteiger partial charge in [-0.1, -0.05) is 20.8 Å². The van der Waals surface area contributed by atoms with Gasteiger partial charge in [0.25, 0.3) is 0 Å². The average molecular weight is 270 g/mol. The lowest BCUT2D eigenvalue weighted by atomic mass is 9.97. The number of nitrogens with one attached hydrogen (secondary N) is 1. The molecule has 0 aromatic heterocycles. The van der Waals surface area contributed by atoms with Crippen LogP contribution < -0.4 is 5.32 Å². The maximum atomic E-state index is 12.5. The van der Waals surface area contributed by atoms with E-state index in [1.54, 1.807) is 18.9 Å². The summed E-state index contributed by atoms with van der Waals surface area (Å²) in [6, 6.07) is -0.848. The molecule has 0 bridgehead atoms. The van der Waals surface area contributed by atoms with E-state index in [0.717, 1.165) is 6.42 Å². The van der Waals surface area contributed by atoms with E-state index in [1.807, 2.05) is 20.8 Å². The summed E-state index contributed by atoms with van der Waals surface area (Å²) in [5.74, 6) is 0.316. The van der Waals surface area contributed by atoms with E-state index < -0.39 is 12.1 Å². The Morgan fingerprint density at radius 1 is 1.37 bits per heavy atom. The monoisotopic (exact) mass is 270 g/mol. The molecule has 0 spiro atoms. The van der Waals surface area contributed by atoms with Crippen LogP contribution in [0.1, 0.15) is 40.5 Å². The van der Waals surface area contributed by atoms with Crippen LogP contribution in [-0.4, -0.2) is 48.6 Å². The van der Waals surface area contributed by atoms with Crippen molar-refractivity contribution in [1.82, 2.24) is 10.2 Å². The smallest absolute Gasteiger partial charge is 0.246 e. The number of nitrogens with zero attached hydrogens (tertiary/aromatic N) is 1. The largest absolute Gasteiger partial charge is 0.383 e. The number of hydrogen-bond acceptors (Lipinski definition) is 3. The van der Waals surface area contributed by atoms with E-state index in [2.05, 4.69) is 5.32 Å². The van der Waals surface area contributed by atoms with Gasteiger partial charge in [-0.15, -0.1) is 0 Å². The predicted molar refractivity (Wildman–Crippen MR) is 73.6 cm³/mol. The van der Waals surface area contributed by atoms with Crippen molar-refractivity contribution in [3.8, 4) is 0 Å². The van der Waals surface area contributed by atoms with E-state index in [4.69, 9.17) is 4.74 Å². The third-order valence-corrected chi connectivity index (χ3v) is 3.60. The van der Waals surface area contributed by atoms with Gasteiger partial charge in [-0.2, -0.15) is 0 Å². The Morgan fingerprint density at radius 3 is 2.47 bits per heavy atom. The van der Waals surface area contributed by atoms with Crippen LogP contribution in [0.2, 0.25) is 0 Å². The van der Waals surface area contributed by atoms with Gasteiger partial charge in [0.1, 0.15) is 12.1 Å². The van der Waals surface area contributed by atoms with Crippen LogP contribution >= 0.6 is 0 Å². The molecule has 0 aromatic rings. The van der Waals surface area contributed by atoms with Gasteiger partial charge in [-0.25, -0.2) is 0 Å². The van der Waals surface area contributed by atoms with E-state index in [9.17, 15) is 9.59 Å². The number of rotatable bonds is 6. The van der Waals surface area contributed by atoms with Crippen molar-refractivity contribution >= 4 is 11.8 Å². The normalized spacial score (nSPS) is 25.7. The molecule has 2 amide bonds. The van der Waals surface area contributed by atoms with Gasteiger partial charge < -0.3 is 15.0 Å². The number of carbonyl (C=O) groups excluding carboxylic acids is 2. The Labute approximate surface area is 115 Å². The molecule has 5 heteroatoms. The fourth-order valence-corrected chi connectivity index (χ4v) is 2.57. The molecule has 1 fully saturated rings. The molecule has 1 aliphatic heterocycles. The summed E-state index contributed by atoms with van der Waals surface area (Å²) in [6.07, 6.45) is 1.46. The summed E-state index contributed by atoms with van der Waals surface area (Å²) in [5, 5.41) is 2.83. The first-order valence-electron chi connectivity index (χ1n) is 7.03. The molecular formula is C14H26N2O3. The standard InChI is InChI=1S/C14H26N2O3/c1-6-11(8-19-5)16-10(4)13(17)15-12(14(16)18)7-9(2)3/h9-12H,6-8H2,1-5H3,(H,15,17). The van der Waals surface area contributed by atoms with Gasteiger partial charge in [0.15, 0.2) is 0 Å². The van der Waals surface area contributed by atoms with Crippen molar-refractivity contribution in [2.75, 3.05) is 13.7 Å². The van der Waals surface area contributed by atoms with Crippen molar-refractivity contribution in [1.29, 1.82) is 0 Å². The fraction of sp³-hybridized carbons (Fsp3) is 0.857. The molecule has 3 atom stereocenters. The first-order valence-corrected chi connectivity index (χ1v) is 7.03. The van der Waals surface area contributed by atoms with Gasteiger partial charge >= 0.3 is 0 Å². The summed E-state index contributed by atoms with van der Waals surface area (Å²) >= 11 is 0. The van der Waals surface area contributed by atoms with E-state index in [-0.39, 0.29) is 17.9 Å². The topological polar surface area (TPSA) is 58.6 Å². The molecular weight excluding hydrogens is 244 g/mol. The zero-order valence-electron chi connectivity index (χ0n) is 12.6. The molecule has 0 aromatic carbocycles. The van der Waals surface area contributed by atoms with Crippen LogP contribution in [-0.2, 0) is 14.3 Å². The quantitative estimate of drug-likeness (QED) is 0.788. The molecule has 1 saturated heterocycles. The molecule has 110 valence electrons. The number of carbonyl (C=O) groups is 2. The zero-order valence-corrected chi connectivity index (χ0v) is 12.6. The fourth-order valence-electron chi connectivity index (χ4n) is 2.57. The lowest BCUT2D eigenvalue weighted by Crippen LogP contribution is -2.65. The summed E-state index contributed by atoms with van der Waals surface area (Å²) in [6.45, 7) is 8.35. The third kappa shape index (κ3) is 3.69. The van der Waals surface area contributed by atoms with Crippen molar-refractivity contribution < 1.29 is 14.3 Å². The third-order valence-electron chi connectivity index (χ3n) is 3.60. The van der Waals surface area contributed by atoms with Crippen LogP contribution in [0.3, 0.4) is 0 Å². The van der Waals surface area contributed by atoms with Gasteiger partial charge in [0.05, 0.1) is 12.6 Å². The highest BCUT2D eigenvalue weighted by Gasteiger charge is 2.41. The van der Waals surface area contributed by atoms with Gasteiger partial charge in [0, 0.05) is 7.11 Å². The molecule has 1 aliphatic rings. The van der Waals surface area contributed by atoms with Crippen molar-refractivity contribution in [2.45, 2.75) is 58.7 Å². The van der Waals surface area contributed by atoms with E-state index in [1.165, 1.54) is 0 Å². The average Bonchev–Trinajstić information content (AvgIpc) is 2.34. The second-order valence-electron chi connectivity index (χ2n) is 5.63. The zero-order chi connectivity index (χ0) is 14.6. The van der Waals surface area contributed by atoms with Crippen molar-refractivity contribution in [3.63, 3.8) is 0 Å². The molecule has 5 nitrogen and oxygen atoms in total. The Balaban J connectivity index is 2.91. The van der Waals surface area contributed by atoms with Crippen LogP contribution in [0.4, 0.5) is 0 Å². The van der Waals surface area contributed by atoms with Crippen molar-refractivity contribution in [3.05, 3.63) is 0 Å². The number of hydrogen-bond donors (Lipinski definition) is 1. The predicted octanol–water partition coefficient (Wildman–Crippen LogP) is 1.17. The molecule has 19 heavy (non-hydrogen) atoms. The first-order chi connectivity index (χ1) is 8.92. The highest BCUT2D eigenvalue weighted by molar-refractivity contribution is 5.96. The van der Waals surface area contributed by atoms with Gasteiger partial charge in [-0.3, -0.25) is 9.59 Å². The summed E-state index contributed by atoms with van der Waals surface area (Å²) in [4.78, 5) is 26.3. The Kier molecular flexibility index (Phi) is 5.79. The Hall–Kier alpha value is -1.10. The molecule has 1 N–H and O–H groups in total. The van der Waals surface area contributed by atoms with Crippen LogP contribution in [0.15, 0.2) is 0 Å². The lowest BCUT2D eigenvalue weighted by molar-refractivity contribution is -0.153. The van der Waals surface area contributed by atoms with E-state index >= 15 is 0 Å². The maximum absolute atomic E-state index is 12.5. The molecule has 0 radical (unpaired) electrons. The SMILES string of the molecule is CCC(COC)N1C(=O)C(CC(C)C)NC(=O)C1C. The van der Waals surface area contributed by atoms with Gasteiger partial charge in [-0.05, 0) is 25.7 Å². The van der Waals surface area contributed by atoms with Gasteiger partial charge in [0.2, 0.25) is 11.8 Å². The maximum Gasteiger partial charge on any atom is 0.246 e. The number of piperazine rings is 1. The van der Waals surface area contributed by atoms with Crippen molar-refractivity contribution in [2.24, 2.45) is 5.92 Å². The minimum atomic E-state index is -0.420. The molecule has 3 unspecified atom stereocenters. The highest BCUT2D eigenvalue weighted by atomic mass is 16.5.